The predicted molar refractivity (Wildman–Crippen MR) is 134 cm³/mol. The third-order valence-corrected chi connectivity index (χ3v) is 6.60. The second-order valence-electron chi connectivity index (χ2n) is 8.82. The SMILES string of the molecule is N#Cc1c(F)ccc(NC2(C#N)C(c3ccccc3)=CC=CC2(F)c2ccnc3nc(C(F)(F)F)ccc23)c1F. The van der Waals surface area contributed by atoms with Crippen LogP contribution in [0.15, 0.2) is 85.1 Å². The Morgan fingerprint density at radius 1 is 0.925 bits per heavy atom. The number of rotatable bonds is 4. The van der Waals surface area contributed by atoms with E-state index >= 15 is 8.78 Å². The van der Waals surface area contributed by atoms with Crippen molar-refractivity contribution in [3.8, 4) is 12.1 Å². The normalized spacial score (nSPS) is 20.4. The van der Waals surface area contributed by atoms with Crippen molar-refractivity contribution in [3.63, 3.8) is 0 Å². The molecule has 0 saturated heterocycles. The molecule has 5 nitrogen and oxygen atoms in total. The highest BCUT2D eigenvalue weighted by Gasteiger charge is 2.58. The zero-order chi connectivity index (χ0) is 28.7. The van der Waals surface area contributed by atoms with Gasteiger partial charge in [-0.3, -0.25) is 0 Å². The first kappa shape index (κ1) is 26.4. The summed E-state index contributed by atoms with van der Waals surface area (Å²) in [4.78, 5) is 7.40. The van der Waals surface area contributed by atoms with Crippen LogP contribution in [-0.4, -0.2) is 15.5 Å². The zero-order valence-corrected chi connectivity index (χ0v) is 20.1. The number of hydrogen-bond acceptors (Lipinski definition) is 5. The summed E-state index contributed by atoms with van der Waals surface area (Å²) >= 11 is 0. The van der Waals surface area contributed by atoms with Crippen molar-refractivity contribution in [2.75, 3.05) is 5.32 Å². The van der Waals surface area contributed by atoms with Crippen LogP contribution in [0.4, 0.5) is 32.0 Å². The molecule has 1 aliphatic rings. The third kappa shape index (κ3) is 4.03. The van der Waals surface area contributed by atoms with Crippen LogP contribution in [0.2, 0.25) is 0 Å². The van der Waals surface area contributed by atoms with E-state index in [0.29, 0.717) is 11.6 Å². The second kappa shape index (κ2) is 9.54. The molecule has 11 heteroatoms. The van der Waals surface area contributed by atoms with Crippen molar-refractivity contribution in [2.45, 2.75) is 17.4 Å². The largest absolute Gasteiger partial charge is 0.433 e. The Kier molecular flexibility index (Phi) is 6.31. The molecule has 0 bridgehead atoms. The average molecular weight is 547 g/mol. The van der Waals surface area contributed by atoms with E-state index in [4.69, 9.17) is 0 Å². The highest BCUT2D eigenvalue weighted by atomic mass is 19.4. The minimum Gasteiger partial charge on any atom is -0.358 e. The number of pyridine rings is 2. The van der Waals surface area contributed by atoms with Crippen molar-refractivity contribution >= 4 is 22.3 Å². The number of anilines is 1. The predicted octanol–water partition coefficient (Wildman–Crippen LogP) is 6.99. The monoisotopic (exact) mass is 547 g/mol. The lowest BCUT2D eigenvalue weighted by Gasteiger charge is -2.44. The molecular weight excluding hydrogens is 532 g/mol. The van der Waals surface area contributed by atoms with Gasteiger partial charge >= 0.3 is 6.18 Å². The third-order valence-electron chi connectivity index (χ3n) is 6.60. The van der Waals surface area contributed by atoms with E-state index in [9.17, 15) is 28.1 Å². The summed E-state index contributed by atoms with van der Waals surface area (Å²) < 4.78 is 87.0. The van der Waals surface area contributed by atoms with Gasteiger partial charge in [0.05, 0.1) is 11.8 Å². The molecule has 0 saturated carbocycles. The lowest BCUT2D eigenvalue weighted by atomic mass is 9.67. The van der Waals surface area contributed by atoms with Crippen LogP contribution >= 0.6 is 0 Å². The number of fused-ring (bicyclic) bond motifs is 1. The van der Waals surface area contributed by atoms with Crippen molar-refractivity contribution in [2.24, 2.45) is 0 Å². The van der Waals surface area contributed by atoms with E-state index in [0.717, 1.165) is 30.5 Å². The lowest BCUT2D eigenvalue weighted by Crippen LogP contribution is -2.55. The molecule has 2 heterocycles. The van der Waals surface area contributed by atoms with Gasteiger partial charge in [-0.1, -0.05) is 42.5 Å². The molecule has 40 heavy (non-hydrogen) atoms. The first-order chi connectivity index (χ1) is 19.1. The number of halogens is 6. The molecule has 4 aromatic rings. The Balaban J connectivity index is 1.80. The van der Waals surface area contributed by atoms with Crippen molar-refractivity contribution in [1.29, 1.82) is 10.5 Å². The molecule has 0 spiro atoms. The summed E-state index contributed by atoms with van der Waals surface area (Å²) in [7, 11) is 0. The first-order valence-electron chi connectivity index (χ1n) is 11.6. The van der Waals surface area contributed by atoms with E-state index < -0.39 is 51.6 Å². The number of nitrogens with zero attached hydrogens (tertiary/aromatic N) is 4. The van der Waals surface area contributed by atoms with Crippen LogP contribution in [0.25, 0.3) is 16.6 Å². The fraction of sp³-hybridized carbons (Fsp3) is 0.103. The van der Waals surface area contributed by atoms with Gasteiger partial charge in [-0.2, -0.15) is 23.7 Å². The Morgan fingerprint density at radius 2 is 1.68 bits per heavy atom. The van der Waals surface area contributed by atoms with Gasteiger partial charge in [0.15, 0.2) is 22.7 Å². The summed E-state index contributed by atoms with van der Waals surface area (Å²) in [6.45, 7) is 0. The van der Waals surface area contributed by atoms with E-state index in [1.165, 1.54) is 24.3 Å². The maximum absolute atomic E-state index is 17.8. The van der Waals surface area contributed by atoms with Crippen molar-refractivity contribution in [1.82, 2.24) is 9.97 Å². The number of allylic oxidation sites excluding steroid dienone is 2. The van der Waals surface area contributed by atoms with E-state index in [1.807, 2.05) is 6.07 Å². The minimum absolute atomic E-state index is 0.0349. The number of alkyl halides is 4. The maximum atomic E-state index is 17.8. The van der Waals surface area contributed by atoms with Gasteiger partial charge in [-0.15, -0.1) is 0 Å². The van der Waals surface area contributed by atoms with Crippen LogP contribution < -0.4 is 5.32 Å². The van der Waals surface area contributed by atoms with Gasteiger partial charge in [-0.05, 0) is 42.0 Å². The van der Waals surface area contributed by atoms with Crippen LogP contribution in [0.5, 0.6) is 0 Å². The van der Waals surface area contributed by atoms with Gasteiger partial charge in [0, 0.05) is 22.7 Å². The standard InChI is InChI=1S/C29H15F6N5/c30-22-9-10-23(25(31)19(22)15-36)40-28(16-37)20(17-5-2-1-3-6-17)7-4-13-27(28,32)21-12-14-38-26-18(21)8-11-24(39-26)29(33,34)35/h1-14,40H. The Bertz CT molecular complexity index is 1790. The van der Waals surface area contributed by atoms with Crippen molar-refractivity contribution < 1.29 is 26.3 Å². The number of nitriles is 2. The Morgan fingerprint density at radius 3 is 2.35 bits per heavy atom. The fourth-order valence-electron chi connectivity index (χ4n) is 4.73. The summed E-state index contributed by atoms with van der Waals surface area (Å²) in [6, 6.07) is 16.0. The minimum atomic E-state index is -4.79. The molecule has 2 aromatic carbocycles. The Labute approximate surface area is 223 Å². The van der Waals surface area contributed by atoms with Crippen LogP contribution in [0.1, 0.15) is 22.4 Å². The number of hydrogen-bond donors (Lipinski definition) is 1. The molecule has 1 N–H and O–H groups in total. The molecule has 0 fully saturated rings. The highest BCUT2D eigenvalue weighted by molar-refractivity contribution is 5.89. The van der Waals surface area contributed by atoms with Gasteiger partial charge in [0.1, 0.15) is 23.1 Å². The number of nitrogens with one attached hydrogen (secondary N) is 1. The highest BCUT2D eigenvalue weighted by Crippen LogP contribution is 2.51. The van der Waals surface area contributed by atoms with Crippen LogP contribution in [0.3, 0.4) is 0 Å². The Hall–Kier alpha value is -5.16. The van der Waals surface area contributed by atoms with Gasteiger partial charge < -0.3 is 5.32 Å². The molecule has 198 valence electrons. The van der Waals surface area contributed by atoms with Crippen LogP contribution in [0, 0.1) is 34.3 Å². The molecule has 5 rings (SSSR count). The summed E-state index contributed by atoms with van der Waals surface area (Å²) in [5.74, 6) is -2.50. The van der Waals surface area contributed by atoms with Crippen LogP contribution in [-0.2, 0) is 11.8 Å². The van der Waals surface area contributed by atoms with E-state index in [-0.39, 0.29) is 16.5 Å². The van der Waals surface area contributed by atoms with Gasteiger partial charge in [0.2, 0.25) is 0 Å². The molecule has 0 amide bonds. The summed E-state index contributed by atoms with van der Waals surface area (Å²) in [6.07, 6.45) is 0.0257. The maximum Gasteiger partial charge on any atom is 0.433 e. The summed E-state index contributed by atoms with van der Waals surface area (Å²) in [5.41, 5.74) is -8.41. The quantitative estimate of drug-likeness (QED) is 0.279. The molecule has 1 aliphatic carbocycles. The van der Waals surface area contributed by atoms with E-state index in [2.05, 4.69) is 15.3 Å². The molecule has 0 aliphatic heterocycles. The topological polar surface area (TPSA) is 85.4 Å². The van der Waals surface area contributed by atoms with Crippen molar-refractivity contribution in [3.05, 3.63) is 119 Å². The smallest absolute Gasteiger partial charge is 0.358 e. The zero-order valence-electron chi connectivity index (χ0n) is 20.1. The molecule has 2 atom stereocenters. The number of aromatic nitrogens is 2. The second-order valence-corrected chi connectivity index (χ2v) is 8.82. The average Bonchev–Trinajstić information content (AvgIpc) is 2.95. The molecule has 2 unspecified atom stereocenters. The molecule has 2 aromatic heterocycles. The fourth-order valence-corrected chi connectivity index (χ4v) is 4.73. The first-order valence-corrected chi connectivity index (χ1v) is 11.6. The van der Waals surface area contributed by atoms with Gasteiger partial charge in [-0.25, -0.2) is 23.1 Å². The summed E-state index contributed by atoms with van der Waals surface area (Å²) in [5, 5.41) is 22.4. The molecule has 0 radical (unpaired) electrons. The number of benzene rings is 2. The molecular formula is C29H15F6N5. The van der Waals surface area contributed by atoms with E-state index in [1.54, 1.807) is 30.3 Å². The lowest BCUT2D eigenvalue weighted by molar-refractivity contribution is -0.141. The van der Waals surface area contributed by atoms with Gasteiger partial charge in [0.25, 0.3) is 0 Å².